The van der Waals surface area contributed by atoms with Gasteiger partial charge in [0.15, 0.2) is 0 Å². The van der Waals surface area contributed by atoms with Gasteiger partial charge in [0.25, 0.3) is 0 Å². The maximum Gasteiger partial charge on any atom is 0.124 e. The van der Waals surface area contributed by atoms with Crippen LogP contribution in [0.15, 0.2) is 30.5 Å². The second-order valence-electron chi connectivity index (χ2n) is 3.99. The number of benzene rings is 1. The molecular formula is C13H16FN3O. The van der Waals surface area contributed by atoms with Crippen molar-refractivity contribution in [3.63, 3.8) is 0 Å². The SMILES string of the molecule is CNC(c1cc(F)ccc1OC)c1ccnn1C. The minimum absolute atomic E-state index is 0.164. The molecule has 1 N–H and O–H groups in total. The van der Waals surface area contributed by atoms with Crippen LogP contribution >= 0.6 is 0 Å². The van der Waals surface area contributed by atoms with Crippen LogP contribution in [0.25, 0.3) is 0 Å². The number of methoxy groups -OCH3 is 1. The van der Waals surface area contributed by atoms with E-state index in [4.69, 9.17) is 4.74 Å². The van der Waals surface area contributed by atoms with Gasteiger partial charge in [-0.1, -0.05) is 0 Å². The van der Waals surface area contributed by atoms with Crippen LogP contribution < -0.4 is 10.1 Å². The number of nitrogens with zero attached hydrogens (tertiary/aromatic N) is 2. The lowest BCUT2D eigenvalue weighted by Gasteiger charge is -2.19. The van der Waals surface area contributed by atoms with E-state index in [2.05, 4.69) is 10.4 Å². The maximum atomic E-state index is 13.4. The fraction of sp³-hybridized carbons (Fsp3) is 0.308. The molecule has 2 aromatic rings. The van der Waals surface area contributed by atoms with Crippen molar-refractivity contribution in [3.05, 3.63) is 47.5 Å². The van der Waals surface area contributed by atoms with Gasteiger partial charge >= 0.3 is 0 Å². The van der Waals surface area contributed by atoms with Crippen LogP contribution in [0.1, 0.15) is 17.3 Å². The number of aryl methyl sites for hydroxylation is 1. The monoisotopic (exact) mass is 249 g/mol. The van der Waals surface area contributed by atoms with Gasteiger partial charge in [-0.25, -0.2) is 4.39 Å². The van der Waals surface area contributed by atoms with Crippen molar-refractivity contribution in [2.45, 2.75) is 6.04 Å². The molecule has 1 unspecified atom stereocenters. The zero-order chi connectivity index (χ0) is 13.1. The van der Waals surface area contributed by atoms with E-state index in [1.807, 2.05) is 20.2 Å². The Morgan fingerprint density at radius 1 is 1.39 bits per heavy atom. The van der Waals surface area contributed by atoms with Crippen LogP contribution in [0.5, 0.6) is 5.75 Å². The first-order valence-corrected chi connectivity index (χ1v) is 5.66. The Morgan fingerprint density at radius 3 is 2.72 bits per heavy atom. The predicted octanol–water partition coefficient (Wildman–Crippen LogP) is 1.88. The van der Waals surface area contributed by atoms with Crippen LogP contribution in [0, 0.1) is 5.82 Å². The largest absolute Gasteiger partial charge is 0.496 e. The number of ether oxygens (including phenoxy) is 1. The van der Waals surface area contributed by atoms with Crippen molar-refractivity contribution < 1.29 is 9.13 Å². The van der Waals surface area contributed by atoms with E-state index in [9.17, 15) is 4.39 Å². The molecule has 0 aliphatic rings. The Balaban J connectivity index is 2.51. The molecule has 2 rings (SSSR count). The standard InChI is InChI=1S/C13H16FN3O/c1-15-13(11-6-7-16-17(11)2)10-8-9(14)4-5-12(10)18-3/h4-8,13,15H,1-3H3. The third-order valence-corrected chi connectivity index (χ3v) is 2.95. The molecule has 0 fully saturated rings. The van der Waals surface area contributed by atoms with Crippen molar-refractivity contribution in [1.29, 1.82) is 0 Å². The Morgan fingerprint density at radius 2 is 2.17 bits per heavy atom. The van der Waals surface area contributed by atoms with Gasteiger partial charge in [0, 0.05) is 18.8 Å². The van der Waals surface area contributed by atoms with Gasteiger partial charge in [-0.2, -0.15) is 5.10 Å². The molecule has 1 aromatic heterocycles. The topological polar surface area (TPSA) is 39.1 Å². The van der Waals surface area contributed by atoms with Gasteiger partial charge in [0.05, 0.1) is 18.8 Å². The van der Waals surface area contributed by atoms with Gasteiger partial charge in [0.1, 0.15) is 11.6 Å². The van der Waals surface area contributed by atoms with Crippen molar-refractivity contribution >= 4 is 0 Å². The molecule has 0 aliphatic heterocycles. The van der Waals surface area contributed by atoms with E-state index in [1.165, 1.54) is 12.1 Å². The molecule has 0 aliphatic carbocycles. The fourth-order valence-corrected chi connectivity index (χ4v) is 2.06. The van der Waals surface area contributed by atoms with Crippen LogP contribution in [0.4, 0.5) is 4.39 Å². The summed E-state index contributed by atoms with van der Waals surface area (Å²) in [6.07, 6.45) is 1.71. The summed E-state index contributed by atoms with van der Waals surface area (Å²) in [7, 11) is 5.25. The summed E-state index contributed by atoms with van der Waals surface area (Å²) in [5.41, 5.74) is 1.70. The molecule has 96 valence electrons. The highest BCUT2D eigenvalue weighted by molar-refractivity contribution is 5.40. The van der Waals surface area contributed by atoms with Gasteiger partial charge in [0.2, 0.25) is 0 Å². The molecule has 0 spiro atoms. The van der Waals surface area contributed by atoms with Crippen molar-refractivity contribution in [1.82, 2.24) is 15.1 Å². The van der Waals surface area contributed by atoms with E-state index in [0.29, 0.717) is 5.75 Å². The van der Waals surface area contributed by atoms with Crippen molar-refractivity contribution in [3.8, 4) is 5.75 Å². The van der Waals surface area contributed by atoms with Gasteiger partial charge < -0.3 is 10.1 Å². The molecule has 1 atom stereocenters. The Kier molecular flexibility index (Phi) is 3.62. The van der Waals surface area contributed by atoms with E-state index >= 15 is 0 Å². The van der Waals surface area contributed by atoms with Gasteiger partial charge in [-0.3, -0.25) is 4.68 Å². The smallest absolute Gasteiger partial charge is 0.124 e. The summed E-state index contributed by atoms with van der Waals surface area (Å²) in [6.45, 7) is 0. The molecule has 4 nitrogen and oxygen atoms in total. The first-order chi connectivity index (χ1) is 8.67. The highest BCUT2D eigenvalue weighted by atomic mass is 19.1. The Labute approximate surface area is 105 Å². The minimum atomic E-state index is -0.284. The number of aromatic nitrogens is 2. The maximum absolute atomic E-state index is 13.4. The summed E-state index contributed by atoms with van der Waals surface area (Å²) < 4.78 is 20.5. The van der Waals surface area contributed by atoms with Crippen molar-refractivity contribution in [2.75, 3.05) is 14.2 Å². The molecule has 0 saturated heterocycles. The molecule has 1 heterocycles. The highest BCUT2D eigenvalue weighted by Crippen LogP contribution is 2.30. The lowest BCUT2D eigenvalue weighted by atomic mass is 10.0. The van der Waals surface area contributed by atoms with Crippen LogP contribution in [-0.2, 0) is 7.05 Å². The zero-order valence-corrected chi connectivity index (χ0v) is 10.6. The van der Waals surface area contributed by atoms with Gasteiger partial charge in [-0.05, 0) is 31.3 Å². The number of halogens is 1. The molecule has 18 heavy (non-hydrogen) atoms. The average Bonchev–Trinajstić information content (AvgIpc) is 2.77. The normalized spacial score (nSPS) is 12.4. The fourth-order valence-electron chi connectivity index (χ4n) is 2.06. The lowest BCUT2D eigenvalue weighted by molar-refractivity contribution is 0.402. The average molecular weight is 249 g/mol. The quantitative estimate of drug-likeness (QED) is 0.899. The predicted molar refractivity (Wildman–Crippen MR) is 67.1 cm³/mol. The number of rotatable bonds is 4. The lowest BCUT2D eigenvalue weighted by Crippen LogP contribution is -2.21. The van der Waals surface area contributed by atoms with E-state index < -0.39 is 0 Å². The first-order valence-electron chi connectivity index (χ1n) is 5.66. The third-order valence-electron chi connectivity index (χ3n) is 2.95. The zero-order valence-electron chi connectivity index (χ0n) is 10.6. The van der Waals surface area contributed by atoms with Gasteiger partial charge in [-0.15, -0.1) is 0 Å². The van der Waals surface area contributed by atoms with E-state index in [0.717, 1.165) is 11.3 Å². The number of hydrogen-bond acceptors (Lipinski definition) is 3. The number of nitrogens with one attached hydrogen (secondary N) is 1. The summed E-state index contributed by atoms with van der Waals surface area (Å²) in [5, 5.41) is 7.29. The molecule has 5 heteroatoms. The second kappa shape index (κ2) is 5.18. The molecule has 0 saturated carbocycles. The molecule has 0 bridgehead atoms. The second-order valence-corrected chi connectivity index (χ2v) is 3.99. The first kappa shape index (κ1) is 12.6. The number of hydrogen-bond donors (Lipinski definition) is 1. The summed E-state index contributed by atoms with van der Waals surface area (Å²) in [4.78, 5) is 0. The van der Waals surface area contributed by atoms with Crippen LogP contribution in [0.3, 0.4) is 0 Å². The van der Waals surface area contributed by atoms with Crippen LogP contribution in [0.2, 0.25) is 0 Å². The third kappa shape index (κ3) is 2.22. The summed E-state index contributed by atoms with van der Waals surface area (Å²) >= 11 is 0. The summed E-state index contributed by atoms with van der Waals surface area (Å²) in [6, 6.07) is 6.23. The highest BCUT2D eigenvalue weighted by Gasteiger charge is 2.19. The van der Waals surface area contributed by atoms with E-state index in [-0.39, 0.29) is 11.9 Å². The van der Waals surface area contributed by atoms with E-state index in [1.54, 1.807) is 24.1 Å². The molecule has 1 aromatic carbocycles. The molecule has 0 radical (unpaired) electrons. The van der Waals surface area contributed by atoms with Crippen LogP contribution in [-0.4, -0.2) is 23.9 Å². The molecule has 0 amide bonds. The minimum Gasteiger partial charge on any atom is -0.496 e. The summed E-state index contributed by atoms with van der Waals surface area (Å²) in [5.74, 6) is 0.366. The molecular weight excluding hydrogens is 233 g/mol. The van der Waals surface area contributed by atoms with Crippen molar-refractivity contribution in [2.24, 2.45) is 7.05 Å². The Hall–Kier alpha value is -1.88. The Bertz CT molecular complexity index is 539.